The first kappa shape index (κ1) is 12.4. The van der Waals surface area contributed by atoms with E-state index in [9.17, 15) is 18.0 Å². The number of carbonyl (C=O) groups excluding carboxylic acids is 1. The Hall–Kier alpha value is -1.63. The molecular weight excluding hydrogens is 225 g/mol. The molecule has 1 heterocycles. The summed E-state index contributed by atoms with van der Waals surface area (Å²) in [6.07, 6.45) is -2.53. The number of pyridine rings is 1. The molecule has 4 nitrogen and oxygen atoms in total. The van der Waals surface area contributed by atoms with Gasteiger partial charge in [-0.1, -0.05) is 0 Å². The van der Waals surface area contributed by atoms with Crippen molar-refractivity contribution in [2.24, 2.45) is 5.73 Å². The van der Waals surface area contributed by atoms with Crippen LogP contribution in [0.5, 0.6) is 0 Å². The number of esters is 1. The minimum atomic E-state index is -3.14. The Labute approximate surface area is 89.2 Å². The summed E-state index contributed by atoms with van der Waals surface area (Å²) in [7, 11) is 1.00. The molecular formula is C9H9F3N2O2. The van der Waals surface area contributed by atoms with Gasteiger partial charge in [-0.05, 0) is 0 Å². The Kier molecular flexibility index (Phi) is 3.83. The van der Waals surface area contributed by atoms with Gasteiger partial charge in [0, 0.05) is 6.54 Å². The van der Waals surface area contributed by atoms with Gasteiger partial charge in [-0.15, -0.1) is 0 Å². The van der Waals surface area contributed by atoms with Crippen LogP contribution in [0.25, 0.3) is 0 Å². The van der Waals surface area contributed by atoms with Crippen molar-refractivity contribution < 1.29 is 22.7 Å². The van der Waals surface area contributed by atoms with Crippen LogP contribution in [-0.4, -0.2) is 18.1 Å². The lowest BCUT2D eigenvalue weighted by Gasteiger charge is -2.11. The van der Waals surface area contributed by atoms with Crippen molar-refractivity contribution in [3.8, 4) is 0 Å². The number of halogens is 3. The van der Waals surface area contributed by atoms with Crippen LogP contribution in [0.1, 0.15) is 28.0 Å². The van der Waals surface area contributed by atoms with E-state index in [-0.39, 0.29) is 12.2 Å². The van der Waals surface area contributed by atoms with Gasteiger partial charge in [0.25, 0.3) is 6.43 Å². The van der Waals surface area contributed by atoms with E-state index < -0.39 is 29.3 Å². The summed E-state index contributed by atoms with van der Waals surface area (Å²) in [5.74, 6) is -2.34. The molecule has 0 aliphatic heterocycles. The highest BCUT2D eigenvalue weighted by atomic mass is 19.3. The molecule has 0 fully saturated rings. The Morgan fingerprint density at radius 2 is 2.25 bits per heavy atom. The lowest BCUT2D eigenvalue weighted by Crippen LogP contribution is -2.16. The lowest BCUT2D eigenvalue weighted by atomic mass is 10.1. The predicted octanol–water partition coefficient (Wildman–Crippen LogP) is 1.40. The third kappa shape index (κ3) is 2.13. The smallest absolute Gasteiger partial charge is 0.340 e. The average Bonchev–Trinajstić information content (AvgIpc) is 2.27. The number of ether oxygens (including phenoxy) is 1. The van der Waals surface area contributed by atoms with Gasteiger partial charge in [0.05, 0.1) is 30.1 Å². The SMILES string of the molecule is COC(=O)c1c(CN)ncc(F)c1C(F)F. The van der Waals surface area contributed by atoms with E-state index in [1.54, 1.807) is 0 Å². The van der Waals surface area contributed by atoms with E-state index in [4.69, 9.17) is 5.73 Å². The van der Waals surface area contributed by atoms with Crippen molar-refractivity contribution in [2.75, 3.05) is 7.11 Å². The number of hydrogen-bond acceptors (Lipinski definition) is 4. The first-order chi connectivity index (χ1) is 7.52. The normalized spacial score (nSPS) is 10.6. The van der Waals surface area contributed by atoms with E-state index in [0.717, 1.165) is 7.11 Å². The molecule has 0 aromatic carbocycles. The third-order valence-corrected chi connectivity index (χ3v) is 1.95. The number of methoxy groups -OCH3 is 1. The monoisotopic (exact) mass is 234 g/mol. The number of alkyl halides is 2. The summed E-state index contributed by atoms with van der Waals surface area (Å²) < 4.78 is 42.6. The molecule has 0 radical (unpaired) electrons. The maximum atomic E-state index is 13.1. The van der Waals surface area contributed by atoms with E-state index in [0.29, 0.717) is 6.20 Å². The average molecular weight is 234 g/mol. The fraction of sp³-hybridized carbons (Fsp3) is 0.333. The second-order valence-electron chi connectivity index (χ2n) is 2.84. The van der Waals surface area contributed by atoms with E-state index >= 15 is 0 Å². The fourth-order valence-electron chi connectivity index (χ4n) is 1.24. The van der Waals surface area contributed by atoms with Gasteiger partial charge < -0.3 is 10.5 Å². The molecule has 0 aliphatic carbocycles. The number of rotatable bonds is 3. The van der Waals surface area contributed by atoms with Crippen LogP contribution in [0, 0.1) is 5.82 Å². The molecule has 0 amide bonds. The van der Waals surface area contributed by atoms with Gasteiger partial charge in [0.2, 0.25) is 0 Å². The Balaban J connectivity index is 3.48. The minimum Gasteiger partial charge on any atom is -0.465 e. The molecule has 1 aromatic heterocycles. The molecule has 0 saturated heterocycles. The van der Waals surface area contributed by atoms with Crippen LogP contribution in [0.15, 0.2) is 6.20 Å². The van der Waals surface area contributed by atoms with E-state index in [1.807, 2.05) is 0 Å². The van der Waals surface area contributed by atoms with Gasteiger partial charge in [0.15, 0.2) is 5.82 Å². The number of nitrogens with two attached hydrogens (primary N) is 1. The molecule has 0 atom stereocenters. The van der Waals surface area contributed by atoms with Crippen molar-refractivity contribution in [3.63, 3.8) is 0 Å². The maximum Gasteiger partial charge on any atom is 0.340 e. The molecule has 7 heteroatoms. The number of aromatic nitrogens is 1. The molecule has 0 unspecified atom stereocenters. The van der Waals surface area contributed by atoms with Gasteiger partial charge in [0.1, 0.15) is 0 Å². The summed E-state index contributed by atoms with van der Waals surface area (Å²) in [5.41, 5.74) is 3.48. The molecule has 1 aromatic rings. The van der Waals surface area contributed by atoms with Crippen LogP contribution in [0.3, 0.4) is 0 Å². The first-order valence-electron chi connectivity index (χ1n) is 4.26. The second-order valence-corrected chi connectivity index (χ2v) is 2.84. The Bertz CT molecular complexity index is 410. The van der Waals surface area contributed by atoms with Gasteiger partial charge in [-0.2, -0.15) is 0 Å². The van der Waals surface area contributed by atoms with Crippen LogP contribution < -0.4 is 5.73 Å². The summed E-state index contributed by atoms with van der Waals surface area (Å²) in [6, 6.07) is 0. The summed E-state index contributed by atoms with van der Waals surface area (Å²) >= 11 is 0. The maximum absolute atomic E-state index is 13.1. The number of nitrogens with zero attached hydrogens (tertiary/aromatic N) is 1. The van der Waals surface area contributed by atoms with Crippen molar-refractivity contribution in [1.82, 2.24) is 4.98 Å². The highest BCUT2D eigenvalue weighted by Crippen LogP contribution is 2.27. The standard InChI is InChI=1S/C9H9F3N2O2/c1-16-9(15)7-5(2-13)14-3-4(10)6(7)8(11)12/h3,8H,2,13H2,1H3. The fourth-order valence-corrected chi connectivity index (χ4v) is 1.24. The second kappa shape index (κ2) is 4.93. The first-order valence-corrected chi connectivity index (χ1v) is 4.26. The quantitative estimate of drug-likeness (QED) is 0.803. The molecule has 0 spiro atoms. The number of carbonyl (C=O) groups is 1. The molecule has 88 valence electrons. The van der Waals surface area contributed by atoms with Crippen LogP contribution in [0.4, 0.5) is 13.2 Å². The zero-order valence-electron chi connectivity index (χ0n) is 8.34. The summed E-state index contributed by atoms with van der Waals surface area (Å²) in [5, 5.41) is 0. The van der Waals surface area contributed by atoms with E-state index in [1.165, 1.54) is 0 Å². The molecule has 0 bridgehead atoms. The van der Waals surface area contributed by atoms with Gasteiger partial charge in [-0.25, -0.2) is 18.0 Å². The topological polar surface area (TPSA) is 65.2 Å². The molecule has 16 heavy (non-hydrogen) atoms. The third-order valence-electron chi connectivity index (χ3n) is 1.95. The lowest BCUT2D eigenvalue weighted by molar-refractivity contribution is 0.0584. The zero-order chi connectivity index (χ0) is 12.3. The Morgan fingerprint density at radius 1 is 1.62 bits per heavy atom. The Morgan fingerprint density at radius 3 is 2.69 bits per heavy atom. The van der Waals surface area contributed by atoms with Gasteiger partial charge in [-0.3, -0.25) is 4.98 Å². The zero-order valence-corrected chi connectivity index (χ0v) is 8.34. The van der Waals surface area contributed by atoms with Crippen molar-refractivity contribution >= 4 is 5.97 Å². The highest BCUT2D eigenvalue weighted by Gasteiger charge is 2.27. The molecule has 2 N–H and O–H groups in total. The van der Waals surface area contributed by atoms with Crippen molar-refractivity contribution in [1.29, 1.82) is 0 Å². The van der Waals surface area contributed by atoms with Crippen molar-refractivity contribution in [3.05, 3.63) is 28.8 Å². The summed E-state index contributed by atoms with van der Waals surface area (Å²) in [6.45, 7) is -0.259. The summed E-state index contributed by atoms with van der Waals surface area (Å²) in [4.78, 5) is 14.7. The van der Waals surface area contributed by atoms with E-state index in [2.05, 4.69) is 9.72 Å². The minimum absolute atomic E-state index is 0.122. The predicted molar refractivity (Wildman–Crippen MR) is 48.4 cm³/mol. The molecule has 0 aliphatic rings. The largest absolute Gasteiger partial charge is 0.465 e. The van der Waals surface area contributed by atoms with Gasteiger partial charge >= 0.3 is 5.97 Å². The highest BCUT2D eigenvalue weighted by molar-refractivity contribution is 5.92. The van der Waals surface area contributed by atoms with Crippen molar-refractivity contribution in [2.45, 2.75) is 13.0 Å². The molecule has 0 saturated carbocycles. The van der Waals surface area contributed by atoms with Crippen LogP contribution in [-0.2, 0) is 11.3 Å². The number of hydrogen-bond donors (Lipinski definition) is 1. The van der Waals surface area contributed by atoms with Crippen LogP contribution in [0.2, 0.25) is 0 Å². The molecule has 1 rings (SSSR count). The van der Waals surface area contributed by atoms with Crippen LogP contribution >= 0.6 is 0 Å².